The maximum Gasteiger partial charge on any atom is 0.320 e. The molecule has 0 radical (unpaired) electrons. The monoisotopic (exact) mass is 155 g/mol. The molecule has 1 saturated carbocycles. The van der Waals surface area contributed by atoms with Gasteiger partial charge in [0.25, 0.3) is 0 Å². The third-order valence-electron chi connectivity index (χ3n) is 2.95. The summed E-state index contributed by atoms with van der Waals surface area (Å²) in [4.78, 5) is 10.7. The second-order valence-electron chi connectivity index (χ2n) is 3.66. The first-order valence-electron chi connectivity index (χ1n) is 4.23. The smallest absolute Gasteiger partial charge is 0.320 e. The van der Waals surface area contributed by atoms with Crippen LogP contribution in [0.5, 0.6) is 0 Å². The molecule has 11 heavy (non-hydrogen) atoms. The van der Waals surface area contributed by atoms with Crippen LogP contribution in [0.2, 0.25) is 0 Å². The molecule has 0 spiro atoms. The Kier molecular flexibility index (Phi) is 1.60. The average Bonchev–Trinajstić information content (AvgIpc) is 2.32. The Labute approximate surface area is 65.8 Å². The number of aliphatic carboxylic acids is 1. The Morgan fingerprint density at radius 3 is 3.00 bits per heavy atom. The molecule has 3 nitrogen and oxygen atoms in total. The van der Waals surface area contributed by atoms with Crippen LogP contribution in [0.15, 0.2) is 0 Å². The lowest BCUT2D eigenvalue weighted by Crippen LogP contribution is -2.46. The van der Waals surface area contributed by atoms with Gasteiger partial charge in [-0.3, -0.25) is 4.79 Å². The average molecular weight is 155 g/mol. The maximum absolute atomic E-state index is 10.7. The van der Waals surface area contributed by atoms with E-state index in [1.807, 2.05) is 0 Å². The molecule has 1 aliphatic heterocycles. The van der Waals surface area contributed by atoms with Gasteiger partial charge < -0.3 is 10.4 Å². The van der Waals surface area contributed by atoms with E-state index in [9.17, 15) is 4.79 Å². The molecular weight excluding hydrogens is 142 g/mol. The van der Waals surface area contributed by atoms with E-state index in [1.54, 1.807) is 0 Å². The molecule has 0 aromatic heterocycles. The number of nitrogens with one attached hydrogen (secondary N) is 1. The molecule has 2 N–H and O–H groups in total. The summed E-state index contributed by atoms with van der Waals surface area (Å²) in [6.45, 7) is 0.910. The first-order valence-corrected chi connectivity index (χ1v) is 4.23. The molecule has 3 atom stereocenters. The van der Waals surface area contributed by atoms with Gasteiger partial charge in [-0.25, -0.2) is 0 Å². The van der Waals surface area contributed by atoms with Crippen molar-refractivity contribution in [1.29, 1.82) is 0 Å². The van der Waals surface area contributed by atoms with Crippen LogP contribution < -0.4 is 5.32 Å². The minimum atomic E-state index is -0.671. The summed E-state index contributed by atoms with van der Waals surface area (Å²) in [5.74, 6) is 0.497. The summed E-state index contributed by atoms with van der Waals surface area (Å²) in [6, 6.07) is -0.256. The Hall–Kier alpha value is -0.570. The van der Waals surface area contributed by atoms with Gasteiger partial charge in [-0.05, 0) is 37.6 Å². The van der Waals surface area contributed by atoms with Crippen molar-refractivity contribution in [2.45, 2.75) is 25.3 Å². The number of hydrogen-bond acceptors (Lipinski definition) is 2. The zero-order valence-corrected chi connectivity index (χ0v) is 6.42. The fourth-order valence-electron chi connectivity index (χ4n) is 2.35. The molecule has 0 amide bonds. The van der Waals surface area contributed by atoms with Crippen molar-refractivity contribution >= 4 is 5.97 Å². The molecule has 2 bridgehead atoms. The van der Waals surface area contributed by atoms with Crippen molar-refractivity contribution in [1.82, 2.24) is 5.32 Å². The third kappa shape index (κ3) is 1.13. The molecule has 3 heteroatoms. The minimum Gasteiger partial charge on any atom is -0.480 e. The van der Waals surface area contributed by atoms with Crippen LogP contribution in [0.3, 0.4) is 0 Å². The van der Waals surface area contributed by atoms with Crippen molar-refractivity contribution in [3.8, 4) is 0 Å². The number of hydrogen-bond donors (Lipinski definition) is 2. The molecule has 1 aliphatic carbocycles. The van der Waals surface area contributed by atoms with Gasteiger partial charge >= 0.3 is 5.97 Å². The van der Waals surface area contributed by atoms with Crippen LogP contribution in [0.1, 0.15) is 19.3 Å². The largest absolute Gasteiger partial charge is 0.480 e. The van der Waals surface area contributed by atoms with Crippen LogP contribution in [0, 0.1) is 11.8 Å². The lowest BCUT2D eigenvalue weighted by molar-refractivity contribution is -0.141. The second-order valence-corrected chi connectivity index (χ2v) is 3.66. The maximum atomic E-state index is 10.7. The Morgan fingerprint density at radius 1 is 1.45 bits per heavy atom. The van der Waals surface area contributed by atoms with Gasteiger partial charge in [-0.1, -0.05) is 0 Å². The quantitative estimate of drug-likeness (QED) is 0.578. The predicted molar refractivity (Wildman–Crippen MR) is 40.3 cm³/mol. The van der Waals surface area contributed by atoms with E-state index in [0.717, 1.165) is 25.3 Å². The normalized spacial score (nSPS) is 42.4. The first kappa shape index (κ1) is 7.10. The van der Waals surface area contributed by atoms with E-state index in [4.69, 9.17) is 5.11 Å². The van der Waals surface area contributed by atoms with Crippen LogP contribution >= 0.6 is 0 Å². The number of carboxylic acid groups (broad SMARTS) is 1. The zero-order chi connectivity index (χ0) is 7.84. The summed E-state index contributed by atoms with van der Waals surface area (Å²) in [5.41, 5.74) is 0. The molecule has 1 heterocycles. The molecule has 0 aromatic rings. The van der Waals surface area contributed by atoms with E-state index in [0.29, 0.717) is 5.92 Å². The van der Waals surface area contributed by atoms with Crippen LogP contribution in [0.25, 0.3) is 0 Å². The van der Waals surface area contributed by atoms with E-state index < -0.39 is 5.97 Å². The topological polar surface area (TPSA) is 49.3 Å². The fourth-order valence-corrected chi connectivity index (χ4v) is 2.35. The van der Waals surface area contributed by atoms with Crippen molar-refractivity contribution in [3.05, 3.63) is 0 Å². The van der Waals surface area contributed by atoms with Crippen molar-refractivity contribution in [2.75, 3.05) is 6.54 Å². The predicted octanol–water partition coefficient (Wildman–Crippen LogP) is 0.459. The fraction of sp³-hybridized carbons (Fsp3) is 0.875. The van der Waals surface area contributed by atoms with E-state index >= 15 is 0 Å². The summed E-state index contributed by atoms with van der Waals surface area (Å²) in [6.07, 6.45) is 3.46. The van der Waals surface area contributed by atoms with Crippen molar-refractivity contribution in [3.63, 3.8) is 0 Å². The van der Waals surface area contributed by atoms with Gasteiger partial charge in [-0.15, -0.1) is 0 Å². The van der Waals surface area contributed by atoms with Gasteiger partial charge in [0.05, 0.1) is 0 Å². The highest BCUT2D eigenvalue weighted by molar-refractivity contribution is 5.74. The first-order chi connectivity index (χ1) is 5.27. The Balaban J connectivity index is 2.07. The third-order valence-corrected chi connectivity index (χ3v) is 2.95. The van der Waals surface area contributed by atoms with Gasteiger partial charge in [0, 0.05) is 0 Å². The lowest BCUT2D eigenvalue weighted by atomic mass is 9.93. The summed E-state index contributed by atoms with van der Waals surface area (Å²) >= 11 is 0. The highest BCUT2D eigenvalue weighted by Gasteiger charge is 2.38. The van der Waals surface area contributed by atoms with E-state index in [1.165, 1.54) is 6.42 Å². The van der Waals surface area contributed by atoms with Gasteiger partial charge in [0.1, 0.15) is 6.04 Å². The van der Waals surface area contributed by atoms with E-state index in [2.05, 4.69) is 5.32 Å². The number of piperidine rings is 1. The number of fused-ring (bicyclic) bond motifs is 2. The molecule has 2 aliphatic rings. The highest BCUT2D eigenvalue weighted by Crippen LogP contribution is 2.36. The highest BCUT2D eigenvalue weighted by atomic mass is 16.4. The number of carboxylic acids is 1. The van der Waals surface area contributed by atoms with Crippen molar-refractivity contribution < 1.29 is 9.90 Å². The van der Waals surface area contributed by atoms with Gasteiger partial charge in [-0.2, -0.15) is 0 Å². The summed E-state index contributed by atoms with van der Waals surface area (Å²) in [7, 11) is 0. The number of carbonyl (C=O) groups is 1. The molecular formula is C8H13NO2. The molecule has 3 unspecified atom stereocenters. The van der Waals surface area contributed by atoms with Gasteiger partial charge in [0.2, 0.25) is 0 Å². The van der Waals surface area contributed by atoms with Crippen LogP contribution in [-0.4, -0.2) is 23.7 Å². The Bertz CT molecular complexity index is 181. The molecule has 1 saturated heterocycles. The molecule has 0 aromatic carbocycles. The van der Waals surface area contributed by atoms with Crippen LogP contribution in [0.4, 0.5) is 0 Å². The number of rotatable bonds is 1. The minimum absolute atomic E-state index is 0.256. The van der Waals surface area contributed by atoms with Crippen LogP contribution in [-0.2, 0) is 4.79 Å². The molecule has 2 fully saturated rings. The van der Waals surface area contributed by atoms with E-state index in [-0.39, 0.29) is 6.04 Å². The SMILES string of the molecule is O=C(O)C1NCC2CCC1C2. The summed E-state index contributed by atoms with van der Waals surface area (Å²) < 4.78 is 0. The van der Waals surface area contributed by atoms with Crippen molar-refractivity contribution in [2.24, 2.45) is 11.8 Å². The lowest BCUT2D eigenvalue weighted by Gasteiger charge is -2.26. The molecule has 2 rings (SSSR count). The summed E-state index contributed by atoms with van der Waals surface area (Å²) in [5, 5.41) is 11.9. The molecule has 62 valence electrons. The van der Waals surface area contributed by atoms with Gasteiger partial charge in [0.15, 0.2) is 0 Å². The Morgan fingerprint density at radius 2 is 2.27 bits per heavy atom. The second kappa shape index (κ2) is 2.48. The zero-order valence-electron chi connectivity index (χ0n) is 6.42. The standard InChI is InChI=1S/C8H13NO2/c10-8(11)7-6-2-1-5(3-6)4-9-7/h5-7,9H,1-4H2,(H,10,11).